The third-order valence-corrected chi connectivity index (χ3v) is 4.79. The summed E-state index contributed by atoms with van der Waals surface area (Å²) in [4.78, 5) is 12.9. The highest BCUT2D eigenvalue weighted by Crippen LogP contribution is 2.34. The van der Waals surface area contributed by atoms with Crippen LogP contribution in [0.4, 0.5) is 10.2 Å². The highest BCUT2D eigenvalue weighted by Gasteiger charge is 2.15. The summed E-state index contributed by atoms with van der Waals surface area (Å²) in [5, 5.41) is 1.07. The number of fused-ring (bicyclic) bond motifs is 1. The summed E-state index contributed by atoms with van der Waals surface area (Å²) < 4.78 is 13.8. The second-order valence-corrected chi connectivity index (χ2v) is 6.31. The molecule has 108 valence electrons. The topological polar surface area (TPSA) is 29.0 Å². The van der Waals surface area contributed by atoms with Gasteiger partial charge in [-0.2, -0.15) is 0 Å². The van der Waals surface area contributed by atoms with Gasteiger partial charge in [-0.1, -0.05) is 18.2 Å². The maximum Gasteiger partial charge on any atom is 0.141 e. The average Bonchev–Trinajstić information content (AvgIpc) is 2.76. The van der Waals surface area contributed by atoms with Gasteiger partial charge in [0.25, 0.3) is 0 Å². The van der Waals surface area contributed by atoms with Crippen LogP contribution < -0.4 is 4.90 Å². The van der Waals surface area contributed by atoms with E-state index in [2.05, 4.69) is 23.8 Å². The van der Waals surface area contributed by atoms with E-state index in [1.165, 1.54) is 16.5 Å². The number of hydrogen-bond acceptors (Lipinski definition) is 4. The van der Waals surface area contributed by atoms with Crippen molar-refractivity contribution in [2.45, 2.75) is 20.4 Å². The highest BCUT2D eigenvalue weighted by atomic mass is 32.1. The molecule has 2 aromatic heterocycles. The third-order valence-electron chi connectivity index (χ3n) is 3.67. The minimum Gasteiger partial charge on any atom is -0.355 e. The van der Waals surface area contributed by atoms with Gasteiger partial charge in [0, 0.05) is 24.0 Å². The van der Waals surface area contributed by atoms with E-state index >= 15 is 0 Å². The van der Waals surface area contributed by atoms with Crippen molar-refractivity contribution in [3.8, 4) is 0 Å². The Kier molecular flexibility index (Phi) is 3.59. The van der Waals surface area contributed by atoms with E-state index in [4.69, 9.17) is 0 Å². The van der Waals surface area contributed by atoms with Crippen LogP contribution in [0.5, 0.6) is 0 Å². The van der Waals surface area contributed by atoms with Gasteiger partial charge >= 0.3 is 0 Å². The van der Waals surface area contributed by atoms with Crippen molar-refractivity contribution in [2.75, 3.05) is 11.9 Å². The maximum absolute atomic E-state index is 13.8. The summed E-state index contributed by atoms with van der Waals surface area (Å²) >= 11 is 1.67. The second-order valence-electron chi connectivity index (χ2n) is 5.11. The van der Waals surface area contributed by atoms with E-state index in [0.29, 0.717) is 12.1 Å². The normalized spacial score (nSPS) is 11.0. The zero-order chi connectivity index (χ0) is 15.0. The van der Waals surface area contributed by atoms with Gasteiger partial charge in [-0.25, -0.2) is 14.4 Å². The Bertz CT molecular complexity index is 797. The lowest BCUT2D eigenvalue weighted by Crippen LogP contribution is -2.19. The first-order valence-electron chi connectivity index (χ1n) is 6.73. The third kappa shape index (κ3) is 2.49. The Morgan fingerprint density at radius 2 is 1.95 bits per heavy atom. The first-order chi connectivity index (χ1) is 10.1. The Hall–Kier alpha value is -2.01. The molecule has 0 saturated heterocycles. The van der Waals surface area contributed by atoms with Gasteiger partial charge in [0.15, 0.2) is 0 Å². The molecule has 0 saturated carbocycles. The number of aryl methyl sites for hydroxylation is 2. The minimum absolute atomic E-state index is 0.187. The number of halogens is 1. The van der Waals surface area contributed by atoms with Crippen molar-refractivity contribution in [3.63, 3.8) is 0 Å². The zero-order valence-corrected chi connectivity index (χ0v) is 13.0. The molecule has 0 aliphatic heterocycles. The van der Waals surface area contributed by atoms with Crippen molar-refractivity contribution < 1.29 is 4.39 Å². The molecule has 0 fully saturated rings. The predicted octanol–water partition coefficient (Wildman–Crippen LogP) is 4.08. The lowest BCUT2D eigenvalue weighted by Gasteiger charge is -2.19. The van der Waals surface area contributed by atoms with Crippen LogP contribution in [-0.4, -0.2) is 17.0 Å². The Labute approximate surface area is 127 Å². The number of anilines is 1. The molecule has 1 aromatic carbocycles. The van der Waals surface area contributed by atoms with Crippen LogP contribution >= 0.6 is 11.3 Å². The van der Waals surface area contributed by atoms with E-state index in [-0.39, 0.29) is 5.82 Å². The molecule has 5 heteroatoms. The Balaban J connectivity index is 2.02. The highest BCUT2D eigenvalue weighted by molar-refractivity contribution is 7.18. The fraction of sp³-hybridized carbons (Fsp3) is 0.250. The maximum atomic E-state index is 13.8. The summed E-state index contributed by atoms with van der Waals surface area (Å²) in [5.74, 6) is 0.665. The van der Waals surface area contributed by atoms with E-state index in [1.807, 2.05) is 18.0 Å². The largest absolute Gasteiger partial charge is 0.355 e. The first kappa shape index (κ1) is 13.9. The number of aromatic nitrogens is 2. The van der Waals surface area contributed by atoms with Gasteiger partial charge < -0.3 is 4.90 Å². The molecule has 0 atom stereocenters. The van der Waals surface area contributed by atoms with Gasteiger partial charge in [0.2, 0.25) is 0 Å². The molecule has 21 heavy (non-hydrogen) atoms. The predicted molar refractivity (Wildman–Crippen MR) is 85.4 cm³/mol. The number of benzene rings is 1. The fourth-order valence-corrected chi connectivity index (χ4v) is 3.40. The van der Waals surface area contributed by atoms with Gasteiger partial charge in [0.05, 0.1) is 5.39 Å². The molecule has 0 aliphatic rings. The van der Waals surface area contributed by atoms with Gasteiger partial charge in [-0.3, -0.25) is 0 Å². The van der Waals surface area contributed by atoms with Crippen LogP contribution in [0.1, 0.15) is 16.0 Å². The fourth-order valence-electron chi connectivity index (χ4n) is 2.41. The quantitative estimate of drug-likeness (QED) is 0.730. The van der Waals surface area contributed by atoms with Crippen LogP contribution in [0.25, 0.3) is 10.2 Å². The van der Waals surface area contributed by atoms with Crippen molar-refractivity contribution in [1.29, 1.82) is 0 Å². The van der Waals surface area contributed by atoms with Crippen molar-refractivity contribution in [1.82, 2.24) is 9.97 Å². The molecule has 0 amide bonds. The molecule has 0 radical (unpaired) electrons. The summed E-state index contributed by atoms with van der Waals surface area (Å²) in [5.41, 5.74) is 1.86. The lowest BCUT2D eigenvalue weighted by atomic mass is 10.1. The molecule has 3 nitrogen and oxygen atoms in total. The van der Waals surface area contributed by atoms with E-state index in [0.717, 1.165) is 16.0 Å². The molecule has 0 aliphatic carbocycles. The van der Waals surface area contributed by atoms with Gasteiger partial charge in [-0.05, 0) is 25.5 Å². The van der Waals surface area contributed by atoms with Crippen molar-refractivity contribution >= 4 is 27.4 Å². The van der Waals surface area contributed by atoms with E-state index < -0.39 is 0 Å². The monoisotopic (exact) mass is 301 g/mol. The molecular weight excluding hydrogens is 285 g/mol. The first-order valence-corrected chi connectivity index (χ1v) is 7.55. The van der Waals surface area contributed by atoms with Crippen LogP contribution in [0.3, 0.4) is 0 Å². The zero-order valence-electron chi connectivity index (χ0n) is 12.2. The summed E-state index contributed by atoms with van der Waals surface area (Å²) in [6, 6.07) is 6.84. The summed E-state index contributed by atoms with van der Waals surface area (Å²) in [6.45, 7) is 4.65. The number of rotatable bonds is 3. The standard InChI is InChI=1S/C16H16FN3S/c1-10-11(2)21-16-14(10)15(18-9-19-16)20(3)8-12-6-4-5-7-13(12)17/h4-7,9H,8H2,1-3H3. The van der Waals surface area contributed by atoms with Crippen LogP contribution in [0.2, 0.25) is 0 Å². The molecule has 2 heterocycles. The molecule has 0 N–H and O–H groups in total. The van der Waals surface area contributed by atoms with Crippen LogP contribution in [0, 0.1) is 19.7 Å². The molecule has 3 aromatic rings. The lowest BCUT2D eigenvalue weighted by molar-refractivity contribution is 0.607. The average molecular weight is 301 g/mol. The van der Waals surface area contributed by atoms with E-state index in [9.17, 15) is 4.39 Å². The van der Waals surface area contributed by atoms with Crippen LogP contribution in [-0.2, 0) is 6.54 Å². The molecular formula is C16H16FN3S. The van der Waals surface area contributed by atoms with Crippen molar-refractivity contribution in [3.05, 3.63) is 52.4 Å². The van der Waals surface area contributed by atoms with Crippen LogP contribution in [0.15, 0.2) is 30.6 Å². The Morgan fingerprint density at radius 1 is 1.19 bits per heavy atom. The second kappa shape index (κ2) is 5.41. The van der Waals surface area contributed by atoms with Crippen molar-refractivity contribution in [2.24, 2.45) is 0 Å². The smallest absolute Gasteiger partial charge is 0.141 e. The Morgan fingerprint density at radius 3 is 2.71 bits per heavy atom. The molecule has 3 rings (SSSR count). The van der Waals surface area contributed by atoms with E-state index in [1.54, 1.807) is 29.8 Å². The number of thiophene rings is 1. The van der Waals surface area contributed by atoms with Gasteiger partial charge in [0.1, 0.15) is 22.8 Å². The van der Waals surface area contributed by atoms with Gasteiger partial charge in [-0.15, -0.1) is 11.3 Å². The molecule has 0 unspecified atom stereocenters. The summed E-state index contributed by atoms with van der Waals surface area (Å²) in [7, 11) is 1.93. The SMILES string of the molecule is Cc1sc2ncnc(N(C)Cc3ccccc3F)c2c1C. The molecule has 0 spiro atoms. The molecule has 0 bridgehead atoms. The minimum atomic E-state index is -0.187. The number of nitrogens with zero attached hydrogens (tertiary/aromatic N) is 3. The number of hydrogen-bond donors (Lipinski definition) is 0. The summed E-state index contributed by atoms with van der Waals surface area (Å²) in [6.07, 6.45) is 1.57.